The molecule has 0 aliphatic heterocycles. The molecule has 0 spiro atoms. The molecule has 0 aromatic heterocycles. The van der Waals surface area contributed by atoms with Crippen LogP contribution in [0.15, 0.2) is 72.5 Å². The van der Waals surface area contributed by atoms with Gasteiger partial charge in [0.1, 0.15) is 17.2 Å². The van der Waals surface area contributed by atoms with Crippen molar-refractivity contribution in [2.45, 2.75) is 19.3 Å². The van der Waals surface area contributed by atoms with E-state index in [4.69, 9.17) is 5.11 Å². The fourth-order valence-corrected chi connectivity index (χ4v) is 4.82. The Morgan fingerprint density at radius 2 is 0.929 bits per heavy atom. The third-order valence-electron chi connectivity index (χ3n) is 4.23. The third kappa shape index (κ3) is 5.53. The Balaban J connectivity index is 0.000000336. The largest absolute Gasteiger partial charge is 0.508 e. The molecule has 0 heterocycles. The second-order valence-electron chi connectivity index (χ2n) is 6.54. The normalized spacial score (nSPS) is 10.9. The second kappa shape index (κ2) is 9.65. The van der Waals surface area contributed by atoms with Gasteiger partial charge in [-0.1, -0.05) is 32.0 Å². The number of aromatic hydroxyl groups is 3. The molecule has 0 atom stereocenters. The van der Waals surface area contributed by atoms with Gasteiger partial charge >= 0.3 is 0 Å². The van der Waals surface area contributed by atoms with Crippen molar-refractivity contribution >= 4 is 63.7 Å². The maximum atomic E-state index is 9.85. The molecule has 0 bridgehead atoms. The SMILES string of the molecule is CC(C)(c1cc(Br)c(O)c(Br)c1)c1cc(Br)c(O)c(Br)c1.Oc1ccccc1. The van der Waals surface area contributed by atoms with E-state index in [0.717, 1.165) is 11.1 Å². The van der Waals surface area contributed by atoms with Crippen molar-refractivity contribution in [1.82, 2.24) is 0 Å². The molecule has 3 aromatic carbocycles. The van der Waals surface area contributed by atoms with E-state index in [0.29, 0.717) is 23.6 Å². The van der Waals surface area contributed by atoms with Crippen LogP contribution < -0.4 is 0 Å². The summed E-state index contributed by atoms with van der Waals surface area (Å²) in [5, 5.41) is 28.3. The number of hydrogen-bond acceptors (Lipinski definition) is 3. The lowest BCUT2D eigenvalue weighted by Crippen LogP contribution is -2.19. The summed E-state index contributed by atoms with van der Waals surface area (Å²) >= 11 is 13.5. The molecular weight excluding hydrogens is 620 g/mol. The summed E-state index contributed by atoms with van der Waals surface area (Å²) in [7, 11) is 0. The van der Waals surface area contributed by atoms with Gasteiger partial charge in [0.15, 0.2) is 0 Å². The molecule has 3 rings (SSSR count). The number of phenols is 3. The molecule has 3 aromatic rings. The maximum Gasteiger partial charge on any atom is 0.143 e. The highest BCUT2D eigenvalue weighted by Gasteiger charge is 2.26. The van der Waals surface area contributed by atoms with Gasteiger partial charge in [-0.2, -0.15) is 0 Å². The highest BCUT2D eigenvalue weighted by molar-refractivity contribution is 9.11. The van der Waals surface area contributed by atoms with E-state index in [9.17, 15) is 10.2 Å². The Morgan fingerprint density at radius 1 is 0.607 bits per heavy atom. The van der Waals surface area contributed by atoms with Crippen molar-refractivity contribution in [3.05, 3.63) is 83.6 Å². The van der Waals surface area contributed by atoms with Crippen LogP contribution in [0.4, 0.5) is 0 Å². The van der Waals surface area contributed by atoms with Gasteiger partial charge in [0, 0.05) is 5.41 Å². The van der Waals surface area contributed by atoms with Crippen molar-refractivity contribution in [3.63, 3.8) is 0 Å². The molecule has 0 unspecified atom stereocenters. The topological polar surface area (TPSA) is 60.7 Å². The summed E-state index contributed by atoms with van der Waals surface area (Å²) in [4.78, 5) is 0. The third-order valence-corrected chi connectivity index (χ3v) is 6.65. The van der Waals surface area contributed by atoms with Crippen molar-refractivity contribution in [3.8, 4) is 17.2 Å². The summed E-state index contributed by atoms with van der Waals surface area (Å²) in [6, 6.07) is 16.3. The van der Waals surface area contributed by atoms with Crippen molar-refractivity contribution < 1.29 is 15.3 Å². The molecule has 0 fully saturated rings. The number of hydrogen-bond donors (Lipinski definition) is 3. The number of rotatable bonds is 2. The molecule has 0 saturated carbocycles. The number of benzene rings is 3. The lowest BCUT2D eigenvalue weighted by molar-refractivity contribution is 0.466. The lowest BCUT2D eigenvalue weighted by atomic mass is 9.78. The van der Waals surface area contributed by atoms with Crippen LogP contribution in [0, 0.1) is 0 Å². The predicted molar refractivity (Wildman–Crippen MR) is 127 cm³/mol. The van der Waals surface area contributed by atoms with Gasteiger partial charge in [0.25, 0.3) is 0 Å². The van der Waals surface area contributed by atoms with Crippen LogP contribution in [-0.2, 0) is 5.41 Å². The zero-order chi connectivity index (χ0) is 21.1. The Hall–Kier alpha value is -1.02. The second-order valence-corrected chi connectivity index (χ2v) is 9.95. The highest BCUT2D eigenvalue weighted by atomic mass is 79.9. The summed E-state index contributed by atoms with van der Waals surface area (Å²) < 4.78 is 2.54. The summed E-state index contributed by atoms with van der Waals surface area (Å²) in [5.74, 6) is 0.688. The Labute approximate surface area is 197 Å². The minimum atomic E-state index is -0.308. The molecule has 3 N–H and O–H groups in total. The van der Waals surface area contributed by atoms with Gasteiger partial charge in [-0.3, -0.25) is 0 Å². The van der Waals surface area contributed by atoms with Crippen LogP contribution in [0.25, 0.3) is 0 Å². The monoisotopic (exact) mass is 634 g/mol. The van der Waals surface area contributed by atoms with Crippen LogP contribution in [0.1, 0.15) is 25.0 Å². The molecule has 0 radical (unpaired) electrons. The Morgan fingerprint density at radius 3 is 1.18 bits per heavy atom. The van der Waals surface area contributed by atoms with Gasteiger partial charge in [0.2, 0.25) is 0 Å². The average molecular weight is 638 g/mol. The molecule has 148 valence electrons. The quantitative estimate of drug-likeness (QED) is 0.268. The molecule has 0 saturated heterocycles. The average Bonchev–Trinajstić information content (AvgIpc) is 2.64. The van der Waals surface area contributed by atoms with Crippen LogP contribution in [-0.4, -0.2) is 15.3 Å². The first kappa shape index (κ1) is 23.3. The van der Waals surface area contributed by atoms with Crippen LogP contribution in [0.3, 0.4) is 0 Å². The van der Waals surface area contributed by atoms with E-state index in [2.05, 4.69) is 77.6 Å². The van der Waals surface area contributed by atoms with E-state index in [1.54, 1.807) is 24.3 Å². The Kier molecular flexibility index (Phi) is 8.02. The van der Waals surface area contributed by atoms with Crippen molar-refractivity contribution in [2.24, 2.45) is 0 Å². The van der Waals surface area contributed by atoms with E-state index >= 15 is 0 Å². The zero-order valence-electron chi connectivity index (χ0n) is 15.0. The van der Waals surface area contributed by atoms with E-state index in [1.165, 1.54) is 0 Å². The first-order valence-electron chi connectivity index (χ1n) is 8.15. The highest BCUT2D eigenvalue weighted by Crippen LogP contribution is 2.43. The van der Waals surface area contributed by atoms with Gasteiger partial charge in [-0.25, -0.2) is 0 Å². The van der Waals surface area contributed by atoms with Gasteiger partial charge in [0.05, 0.1) is 17.9 Å². The maximum absolute atomic E-state index is 9.85. The number of phenolic OH excluding ortho intramolecular Hbond substituents is 3. The molecule has 0 aliphatic rings. The minimum absolute atomic E-state index is 0.183. The van der Waals surface area contributed by atoms with E-state index in [-0.39, 0.29) is 16.9 Å². The molecular formula is C21H18Br4O3. The number of para-hydroxylation sites is 1. The van der Waals surface area contributed by atoms with Crippen molar-refractivity contribution in [2.75, 3.05) is 0 Å². The standard InChI is InChI=1S/C15H12Br4O2.C6H6O/c1-15(2,7-3-9(16)13(20)10(17)4-7)8-5-11(18)14(21)12(19)6-8;7-6-4-2-1-3-5-6/h3-6,20-21H,1-2H3;1-5,7H. The Bertz CT molecular complexity index is 867. The fourth-order valence-electron chi connectivity index (χ4n) is 2.45. The molecule has 0 amide bonds. The molecule has 28 heavy (non-hydrogen) atoms. The minimum Gasteiger partial charge on any atom is -0.508 e. The van der Waals surface area contributed by atoms with Gasteiger partial charge in [-0.05, 0) is 111 Å². The van der Waals surface area contributed by atoms with E-state index < -0.39 is 0 Å². The van der Waals surface area contributed by atoms with Crippen molar-refractivity contribution in [1.29, 1.82) is 0 Å². The first-order valence-corrected chi connectivity index (χ1v) is 11.3. The smallest absolute Gasteiger partial charge is 0.143 e. The predicted octanol–water partition coefficient (Wildman–Crippen LogP) is 7.87. The summed E-state index contributed by atoms with van der Waals surface area (Å²) in [6.45, 7) is 4.17. The summed E-state index contributed by atoms with van der Waals surface area (Å²) in [5.41, 5.74) is 1.75. The van der Waals surface area contributed by atoms with E-state index in [1.807, 2.05) is 30.3 Å². The first-order chi connectivity index (χ1) is 13.0. The molecule has 0 aliphatic carbocycles. The van der Waals surface area contributed by atoms with Crippen LogP contribution in [0.2, 0.25) is 0 Å². The van der Waals surface area contributed by atoms with Crippen LogP contribution in [0.5, 0.6) is 17.2 Å². The van der Waals surface area contributed by atoms with Gasteiger partial charge < -0.3 is 15.3 Å². The lowest BCUT2D eigenvalue weighted by Gasteiger charge is -2.27. The van der Waals surface area contributed by atoms with Gasteiger partial charge in [-0.15, -0.1) is 0 Å². The molecule has 3 nitrogen and oxygen atoms in total. The fraction of sp³-hybridized carbons (Fsp3) is 0.143. The number of halogens is 4. The zero-order valence-corrected chi connectivity index (χ0v) is 21.4. The van der Waals surface area contributed by atoms with Crippen LogP contribution >= 0.6 is 63.7 Å². The summed E-state index contributed by atoms with van der Waals surface area (Å²) in [6.07, 6.45) is 0. The molecule has 7 heteroatoms.